The predicted molar refractivity (Wildman–Crippen MR) is 76.5 cm³/mol. The molecular weight excluding hydrogens is 274 g/mol. The summed E-state index contributed by atoms with van der Waals surface area (Å²) < 4.78 is 0. The maximum atomic E-state index is 12.4. The number of nitriles is 1. The van der Waals surface area contributed by atoms with Crippen LogP contribution in [0, 0.1) is 11.3 Å². The Morgan fingerprint density at radius 3 is 2.30 bits per heavy atom. The van der Waals surface area contributed by atoms with E-state index in [4.69, 9.17) is 17.5 Å². The number of thiocarbonyl (C=S) groups is 1. The highest BCUT2D eigenvalue weighted by atomic mass is 32.1. The number of rotatable bonds is 4. The van der Waals surface area contributed by atoms with Crippen molar-refractivity contribution in [2.75, 3.05) is 0 Å². The maximum Gasteiger partial charge on any atom is 0.246 e. The molecule has 5 nitrogen and oxygen atoms in total. The fourth-order valence-corrected chi connectivity index (χ4v) is 2.53. The summed E-state index contributed by atoms with van der Waals surface area (Å²) >= 11 is 4.83. The SMILES string of the molecule is N#CCCCC1(c2ccccc2)C(=O)NC(=S)NC1=O. The van der Waals surface area contributed by atoms with Crippen LogP contribution in [0.4, 0.5) is 0 Å². The van der Waals surface area contributed by atoms with E-state index >= 15 is 0 Å². The molecule has 1 aromatic rings. The summed E-state index contributed by atoms with van der Waals surface area (Å²) in [6.07, 6.45) is 1.02. The van der Waals surface area contributed by atoms with Crippen molar-refractivity contribution in [3.05, 3.63) is 35.9 Å². The third-order valence-corrected chi connectivity index (χ3v) is 3.54. The van der Waals surface area contributed by atoms with Crippen molar-refractivity contribution in [3.8, 4) is 6.07 Å². The van der Waals surface area contributed by atoms with Gasteiger partial charge in [-0.25, -0.2) is 0 Å². The maximum absolute atomic E-state index is 12.4. The van der Waals surface area contributed by atoms with Crippen molar-refractivity contribution in [2.45, 2.75) is 24.7 Å². The van der Waals surface area contributed by atoms with Gasteiger partial charge in [-0.1, -0.05) is 30.3 Å². The Labute approximate surface area is 122 Å². The lowest BCUT2D eigenvalue weighted by Gasteiger charge is -2.35. The molecule has 0 radical (unpaired) electrons. The number of carbonyl (C=O) groups excluding carboxylic acids is 2. The van der Waals surface area contributed by atoms with Gasteiger partial charge in [-0.15, -0.1) is 0 Å². The van der Waals surface area contributed by atoms with Crippen LogP contribution in [0.2, 0.25) is 0 Å². The molecule has 6 heteroatoms. The molecule has 1 saturated heterocycles. The van der Waals surface area contributed by atoms with Crippen LogP contribution < -0.4 is 10.6 Å². The summed E-state index contributed by atoms with van der Waals surface area (Å²) in [5.41, 5.74) is -0.712. The van der Waals surface area contributed by atoms with Gasteiger partial charge in [0, 0.05) is 6.42 Å². The summed E-state index contributed by atoms with van der Waals surface area (Å²) in [4.78, 5) is 24.8. The Hall–Kier alpha value is -2.26. The third-order valence-electron chi connectivity index (χ3n) is 3.34. The van der Waals surface area contributed by atoms with Crippen LogP contribution >= 0.6 is 12.2 Å². The van der Waals surface area contributed by atoms with Gasteiger partial charge in [-0.3, -0.25) is 9.59 Å². The molecule has 0 bridgehead atoms. The van der Waals surface area contributed by atoms with Gasteiger partial charge in [-0.05, 0) is 30.6 Å². The number of nitrogens with zero attached hydrogens (tertiary/aromatic N) is 1. The zero-order valence-corrected chi connectivity index (χ0v) is 11.5. The minimum Gasteiger partial charge on any atom is -0.302 e. The van der Waals surface area contributed by atoms with Crippen LogP contribution in [0.5, 0.6) is 0 Å². The number of unbranched alkanes of at least 4 members (excludes halogenated alkanes) is 1. The number of carbonyl (C=O) groups is 2. The van der Waals surface area contributed by atoms with Gasteiger partial charge in [0.2, 0.25) is 11.8 Å². The van der Waals surface area contributed by atoms with Crippen molar-refractivity contribution in [3.63, 3.8) is 0 Å². The summed E-state index contributed by atoms with van der Waals surface area (Å²) in [5, 5.41) is 13.7. The van der Waals surface area contributed by atoms with E-state index in [0.717, 1.165) is 0 Å². The fourth-order valence-electron chi connectivity index (χ4n) is 2.34. The van der Waals surface area contributed by atoms with Crippen LogP contribution in [0.15, 0.2) is 30.3 Å². The van der Waals surface area contributed by atoms with E-state index in [1.54, 1.807) is 24.3 Å². The largest absolute Gasteiger partial charge is 0.302 e. The highest BCUT2D eigenvalue weighted by Crippen LogP contribution is 2.32. The van der Waals surface area contributed by atoms with Crippen LogP contribution in [0.3, 0.4) is 0 Å². The molecule has 0 saturated carbocycles. The Morgan fingerprint density at radius 2 is 1.75 bits per heavy atom. The standard InChI is InChI=1S/C14H13N3O2S/c15-9-5-4-8-14(10-6-2-1-3-7-10)11(18)16-13(20)17-12(14)19/h1-3,6-7H,4-5,8H2,(H2,16,17,18,19,20). The quantitative estimate of drug-likeness (QED) is 0.494. The van der Waals surface area contributed by atoms with E-state index in [1.807, 2.05) is 12.1 Å². The highest BCUT2D eigenvalue weighted by molar-refractivity contribution is 7.80. The van der Waals surface area contributed by atoms with E-state index in [1.165, 1.54) is 0 Å². The third kappa shape index (κ3) is 2.40. The Bertz CT molecular complexity index is 572. The molecule has 0 spiro atoms. The van der Waals surface area contributed by atoms with E-state index in [9.17, 15) is 9.59 Å². The molecule has 2 amide bonds. The van der Waals surface area contributed by atoms with Gasteiger partial charge >= 0.3 is 0 Å². The van der Waals surface area contributed by atoms with Crippen molar-refractivity contribution in [1.82, 2.24) is 10.6 Å². The molecule has 102 valence electrons. The summed E-state index contributed by atoms with van der Waals surface area (Å²) in [6, 6.07) is 10.9. The second kappa shape index (κ2) is 5.80. The van der Waals surface area contributed by atoms with E-state index in [2.05, 4.69) is 10.6 Å². The molecule has 1 aromatic carbocycles. The summed E-state index contributed by atoms with van der Waals surface area (Å²) in [6.45, 7) is 0. The Morgan fingerprint density at radius 1 is 1.15 bits per heavy atom. The molecule has 1 heterocycles. The molecule has 0 atom stereocenters. The molecule has 2 N–H and O–H groups in total. The molecule has 1 aliphatic rings. The molecular formula is C14H13N3O2S. The van der Waals surface area contributed by atoms with Crippen LogP contribution in [0.1, 0.15) is 24.8 Å². The topological polar surface area (TPSA) is 82.0 Å². The highest BCUT2D eigenvalue weighted by Gasteiger charge is 2.50. The first-order chi connectivity index (χ1) is 9.61. The number of hydrogen-bond acceptors (Lipinski definition) is 4. The van der Waals surface area contributed by atoms with Crippen LogP contribution in [-0.4, -0.2) is 16.9 Å². The molecule has 0 unspecified atom stereocenters. The lowest BCUT2D eigenvalue weighted by Crippen LogP contribution is -2.64. The minimum absolute atomic E-state index is 0.0202. The summed E-state index contributed by atoms with van der Waals surface area (Å²) in [7, 11) is 0. The zero-order chi connectivity index (χ0) is 14.6. The van der Waals surface area contributed by atoms with Gasteiger partial charge in [0.1, 0.15) is 0 Å². The van der Waals surface area contributed by atoms with Gasteiger partial charge in [-0.2, -0.15) is 5.26 Å². The second-order valence-corrected chi connectivity index (χ2v) is 4.93. The van der Waals surface area contributed by atoms with Crippen LogP contribution in [0.25, 0.3) is 0 Å². The summed E-state index contributed by atoms with van der Waals surface area (Å²) in [5.74, 6) is -0.870. The van der Waals surface area contributed by atoms with Crippen molar-refractivity contribution in [2.24, 2.45) is 0 Å². The van der Waals surface area contributed by atoms with Crippen molar-refractivity contribution < 1.29 is 9.59 Å². The average Bonchev–Trinajstić information content (AvgIpc) is 2.43. The van der Waals surface area contributed by atoms with Gasteiger partial charge in [0.25, 0.3) is 0 Å². The van der Waals surface area contributed by atoms with Gasteiger partial charge in [0.05, 0.1) is 6.07 Å². The second-order valence-electron chi connectivity index (χ2n) is 4.52. The van der Waals surface area contributed by atoms with Crippen molar-refractivity contribution in [1.29, 1.82) is 5.26 Å². The van der Waals surface area contributed by atoms with Crippen LogP contribution in [-0.2, 0) is 15.0 Å². The Balaban J connectivity index is 2.44. The first kappa shape index (κ1) is 14.2. The number of hydrogen-bond donors (Lipinski definition) is 2. The first-order valence-corrected chi connectivity index (χ1v) is 6.61. The zero-order valence-electron chi connectivity index (χ0n) is 10.7. The smallest absolute Gasteiger partial charge is 0.246 e. The monoisotopic (exact) mass is 287 g/mol. The number of benzene rings is 1. The predicted octanol–water partition coefficient (Wildman–Crippen LogP) is 1.15. The fraction of sp³-hybridized carbons (Fsp3) is 0.286. The Kier molecular flexibility index (Phi) is 4.11. The first-order valence-electron chi connectivity index (χ1n) is 6.20. The molecule has 1 fully saturated rings. The van der Waals surface area contributed by atoms with E-state index < -0.39 is 17.2 Å². The molecule has 0 aliphatic carbocycles. The molecule has 1 aliphatic heterocycles. The molecule has 0 aromatic heterocycles. The van der Waals surface area contributed by atoms with E-state index in [0.29, 0.717) is 18.4 Å². The normalized spacial score (nSPS) is 17.1. The van der Waals surface area contributed by atoms with E-state index in [-0.39, 0.29) is 11.5 Å². The average molecular weight is 287 g/mol. The number of amides is 2. The van der Waals surface area contributed by atoms with Gasteiger partial charge in [0.15, 0.2) is 10.5 Å². The lowest BCUT2D eigenvalue weighted by molar-refractivity contribution is -0.138. The van der Waals surface area contributed by atoms with Crippen molar-refractivity contribution >= 4 is 29.1 Å². The number of nitrogens with one attached hydrogen (secondary N) is 2. The van der Waals surface area contributed by atoms with Gasteiger partial charge < -0.3 is 10.6 Å². The minimum atomic E-state index is -1.32. The lowest BCUT2D eigenvalue weighted by atomic mass is 9.74. The molecule has 2 rings (SSSR count). The molecule has 20 heavy (non-hydrogen) atoms.